The molecule has 0 aliphatic rings. The van der Waals surface area contributed by atoms with Crippen molar-refractivity contribution in [1.29, 1.82) is 0 Å². The van der Waals surface area contributed by atoms with E-state index in [1.165, 1.54) is 34.5 Å². The SMILES string of the molecule is COc1cc(Br)c(-c2cc(OC)c(OC)cc2[N+](=O)[O-])cc1OC. The van der Waals surface area contributed by atoms with Crippen molar-refractivity contribution in [2.45, 2.75) is 0 Å². The number of nitro benzene ring substituents is 1. The van der Waals surface area contributed by atoms with Crippen molar-refractivity contribution in [3.63, 3.8) is 0 Å². The zero-order chi connectivity index (χ0) is 17.9. The Morgan fingerprint density at radius 2 is 1.21 bits per heavy atom. The number of hydrogen-bond donors (Lipinski definition) is 0. The zero-order valence-electron chi connectivity index (χ0n) is 13.6. The number of hydrogen-bond acceptors (Lipinski definition) is 6. The number of nitrogens with zero attached hydrogens (tertiary/aromatic N) is 1. The molecule has 0 aliphatic carbocycles. The van der Waals surface area contributed by atoms with Gasteiger partial charge in [0.05, 0.1) is 45.0 Å². The maximum atomic E-state index is 11.5. The molecule has 2 aromatic carbocycles. The Hall–Kier alpha value is -2.48. The van der Waals surface area contributed by atoms with Crippen LogP contribution in [0.1, 0.15) is 0 Å². The molecule has 0 unspecified atom stereocenters. The highest BCUT2D eigenvalue weighted by atomic mass is 79.9. The summed E-state index contributed by atoms with van der Waals surface area (Å²) in [6, 6.07) is 6.24. The number of halogens is 1. The van der Waals surface area contributed by atoms with E-state index in [1.54, 1.807) is 18.2 Å². The van der Waals surface area contributed by atoms with Gasteiger partial charge < -0.3 is 18.9 Å². The van der Waals surface area contributed by atoms with Gasteiger partial charge in [-0.3, -0.25) is 10.1 Å². The van der Waals surface area contributed by atoms with Gasteiger partial charge in [0.15, 0.2) is 23.0 Å². The number of ether oxygens (including phenoxy) is 4. The predicted molar refractivity (Wildman–Crippen MR) is 92.4 cm³/mol. The van der Waals surface area contributed by atoms with Crippen LogP contribution < -0.4 is 18.9 Å². The molecule has 2 aromatic rings. The van der Waals surface area contributed by atoms with Crippen LogP contribution in [0.15, 0.2) is 28.7 Å². The smallest absolute Gasteiger partial charge is 0.281 e. The first kappa shape index (κ1) is 17.9. The van der Waals surface area contributed by atoms with E-state index in [9.17, 15) is 10.1 Å². The molecule has 24 heavy (non-hydrogen) atoms. The highest BCUT2D eigenvalue weighted by Crippen LogP contribution is 2.45. The number of methoxy groups -OCH3 is 4. The van der Waals surface area contributed by atoms with Gasteiger partial charge in [-0.1, -0.05) is 15.9 Å². The van der Waals surface area contributed by atoms with E-state index in [0.29, 0.717) is 32.8 Å². The van der Waals surface area contributed by atoms with E-state index in [0.717, 1.165) is 0 Å². The van der Waals surface area contributed by atoms with E-state index in [-0.39, 0.29) is 11.4 Å². The summed E-state index contributed by atoms with van der Waals surface area (Å²) in [6.45, 7) is 0. The van der Waals surface area contributed by atoms with Crippen LogP contribution in [-0.2, 0) is 0 Å². The molecule has 0 heterocycles. The zero-order valence-corrected chi connectivity index (χ0v) is 15.2. The minimum atomic E-state index is -0.472. The van der Waals surface area contributed by atoms with Crippen LogP contribution >= 0.6 is 15.9 Å². The molecule has 0 saturated heterocycles. The van der Waals surface area contributed by atoms with Gasteiger partial charge in [0.25, 0.3) is 5.69 Å². The fourth-order valence-electron chi connectivity index (χ4n) is 2.30. The van der Waals surface area contributed by atoms with Gasteiger partial charge in [-0.25, -0.2) is 0 Å². The molecule has 0 aliphatic heterocycles. The normalized spacial score (nSPS) is 10.2. The summed E-state index contributed by atoms with van der Waals surface area (Å²) in [4.78, 5) is 11.0. The van der Waals surface area contributed by atoms with Crippen LogP contribution in [0.25, 0.3) is 11.1 Å². The fourth-order valence-corrected chi connectivity index (χ4v) is 2.83. The molecule has 0 spiro atoms. The third-order valence-corrected chi connectivity index (χ3v) is 4.12. The predicted octanol–water partition coefficient (Wildman–Crippen LogP) is 4.06. The maximum absolute atomic E-state index is 11.5. The van der Waals surface area contributed by atoms with Crippen LogP contribution in [0.5, 0.6) is 23.0 Å². The van der Waals surface area contributed by atoms with Crippen LogP contribution in [-0.4, -0.2) is 33.4 Å². The van der Waals surface area contributed by atoms with E-state index in [1.807, 2.05) is 0 Å². The minimum absolute atomic E-state index is 0.111. The summed E-state index contributed by atoms with van der Waals surface area (Å²) in [7, 11) is 5.91. The molecule has 8 heteroatoms. The second kappa shape index (κ2) is 7.39. The monoisotopic (exact) mass is 397 g/mol. The first-order valence-corrected chi connectivity index (χ1v) is 7.58. The number of nitro groups is 1. The lowest BCUT2D eigenvalue weighted by Gasteiger charge is -2.14. The van der Waals surface area contributed by atoms with Crippen LogP contribution in [0.4, 0.5) is 5.69 Å². The Balaban J connectivity index is 2.78. The lowest BCUT2D eigenvalue weighted by Crippen LogP contribution is -1.98. The van der Waals surface area contributed by atoms with E-state index in [2.05, 4.69) is 15.9 Å². The largest absolute Gasteiger partial charge is 0.493 e. The molecule has 2 rings (SSSR count). The van der Waals surface area contributed by atoms with Gasteiger partial charge in [0, 0.05) is 10.0 Å². The van der Waals surface area contributed by atoms with Crippen molar-refractivity contribution in [2.24, 2.45) is 0 Å². The van der Waals surface area contributed by atoms with Crippen LogP contribution in [0.2, 0.25) is 0 Å². The van der Waals surface area contributed by atoms with Gasteiger partial charge in [0.1, 0.15) is 0 Å². The first-order chi connectivity index (χ1) is 11.5. The molecule has 0 atom stereocenters. The summed E-state index contributed by atoms with van der Waals surface area (Å²) in [5.41, 5.74) is 0.825. The molecule has 128 valence electrons. The fraction of sp³-hybridized carbons (Fsp3) is 0.250. The van der Waals surface area contributed by atoms with Gasteiger partial charge in [-0.2, -0.15) is 0 Å². The molecular weight excluding hydrogens is 382 g/mol. The third-order valence-electron chi connectivity index (χ3n) is 3.46. The van der Waals surface area contributed by atoms with Gasteiger partial charge in [-0.15, -0.1) is 0 Å². The molecule has 0 aromatic heterocycles. The Kier molecular flexibility index (Phi) is 5.50. The summed E-state index contributed by atoms with van der Waals surface area (Å²) in [5, 5.41) is 11.5. The van der Waals surface area contributed by atoms with Crippen molar-refractivity contribution < 1.29 is 23.9 Å². The van der Waals surface area contributed by atoms with Crippen molar-refractivity contribution in [1.82, 2.24) is 0 Å². The third kappa shape index (κ3) is 3.23. The Bertz CT molecular complexity index is 778. The van der Waals surface area contributed by atoms with E-state index in [4.69, 9.17) is 18.9 Å². The molecule has 7 nitrogen and oxygen atoms in total. The molecule has 0 fully saturated rings. The first-order valence-electron chi connectivity index (χ1n) is 6.79. The Morgan fingerprint density at radius 3 is 1.67 bits per heavy atom. The highest BCUT2D eigenvalue weighted by molar-refractivity contribution is 9.10. The molecule has 0 bridgehead atoms. The van der Waals surface area contributed by atoms with Crippen molar-refractivity contribution in [3.8, 4) is 34.1 Å². The quantitative estimate of drug-likeness (QED) is 0.539. The molecular formula is C16H16BrNO6. The maximum Gasteiger partial charge on any atom is 0.281 e. The Labute approximate surface area is 147 Å². The standard InChI is InChI=1S/C16H16BrNO6/c1-21-13-5-9(11(17)7-15(13)23-3)10-6-14(22-2)16(24-4)8-12(10)18(19)20/h5-8H,1-4H3. The number of benzene rings is 2. The van der Waals surface area contributed by atoms with Crippen molar-refractivity contribution in [2.75, 3.05) is 28.4 Å². The van der Waals surface area contributed by atoms with Crippen LogP contribution in [0, 0.1) is 10.1 Å². The van der Waals surface area contributed by atoms with Crippen molar-refractivity contribution in [3.05, 3.63) is 38.9 Å². The summed E-state index contributed by atoms with van der Waals surface area (Å²) >= 11 is 3.42. The average molecular weight is 398 g/mol. The lowest BCUT2D eigenvalue weighted by molar-refractivity contribution is -0.384. The van der Waals surface area contributed by atoms with Gasteiger partial charge in [-0.05, 0) is 18.2 Å². The molecule has 0 radical (unpaired) electrons. The van der Waals surface area contributed by atoms with Gasteiger partial charge in [0.2, 0.25) is 0 Å². The van der Waals surface area contributed by atoms with Crippen molar-refractivity contribution >= 4 is 21.6 Å². The minimum Gasteiger partial charge on any atom is -0.493 e. The number of rotatable bonds is 6. The second-order valence-corrected chi connectivity index (χ2v) is 5.52. The molecule has 0 N–H and O–H groups in total. The van der Waals surface area contributed by atoms with Gasteiger partial charge >= 0.3 is 0 Å². The summed E-state index contributed by atoms with van der Waals surface area (Å²) in [5.74, 6) is 1.64. The van der Waals surface area contributed by atoms with E-state index >= 15 is 0 Å². The highest BCUT2D eigenvalue weighted by Gasteiger charge is 2.23. The summed E-state index contributed by atoms with van der Waals surface area (Å²) in [6.07, 6.45) is 0. The van der Waals surface area contributed by atoms with Crippen LogP contribution in [0.3, 0.4) is 0 Å². The lowest BCUT2D eigenvalue weighted by atomic mass is 10.0. The second-order valence-electron chi connectivity index (χ2n) is 4.67. The topological polar surface area (TPSA) is 80.1 Å². The molecule has 0 amide bonds. The van der Waals surface area contributed by atoms with E-state index < -0.39 is 4.92 Å². The molecule has 0 saturated carbocycles. The average Bonchev–Trinajstić information content (AvgIpc) is 2.59. The Morgan fingerprint density at radius 1 is 0.792 bits per heavy atom. The summed E-state index contributed by atoms with van der Waals surface area (Å²) < 4.78 is 21.5.